The summed E-state index contributed by atoms with van der Waals surface area (Å²) in [4.78, 5) is 43.2. The lowest BCUT2D eigenvalue weighted by atomic mass is 9.70. The summed E-state index contributed by atoms with van der Waals surface area (Å²) in [6, 6.07) is 13.9. The van der Waals surface area contributed by atoms with Gasteiger partial charge < -0.3 is 25.4 Å². The molecule has 0 aliphatic carbocycles. The Labute approximate surface area is 223 Å². The summed E-state index contributed by atoms with van der Waals surface area (Å²) in [6.45, 7) is 7.76. The largest absolute Gasteiger partial charge is 0.394 e. The number of nitrogens with zero attached hydrogens (tertiary/aromatic N) is 1. The highest BCUT2D eigenvalue weighted by molar-refractivity contribution is 6.04. The number of ether oxygens (including phenoxy) is 1. The van der Waals surface area contributed by atoms with Gasteiger partial charge in [0.25, 0.3) is 0 Å². The normalized spacial score (nSPS) is 28.5. The molecular weight excluding hydrogens is 482 g/mol. The number of hydrogen-bond donors (Lipinski definition) is 3. The Balaban J connectivity index is 1.49. The van der Waals surface area contributed by atoms with E-state index in [1.807, 2.05) is 76.2 Å². The van der Waals surface area contributed by atoms with Crippen LogP contribution >= 0.6 is 0 Å². The molecule has 2 bridgehead atoms. The quantitative estimate of drug-likeness (QED) is 0.497. The number of aliphatic hydroxyl groups is 1. The molecule has 8 nitrogen and oxygen atoms in total. The van der Waals surface area contributed by atoms with Crippen molar-refractivity contribution in [1.29, 1.82) is 0 Å². The fraction of sp³-hybridized carbons (Fsp3) is 0.500. The summed E-state index contributed by atoms with van der Waals surface area (Å²) in [7, 11) is 0. The monoisotopic (exact) mass is 519 g/mol. The predicted octanol–water partition coefficient (Wildman–Crippen LogP) is 2.95. The molecule has 3 N–H and O–H groups in total. The number of anilines is 1. The Morgan fingerprint density at radius 1 is 1.08 bits per heavy atom. The Morgan fingerprint density at radius 2 is 1.76 bits per heavy atom. The van der Waals surface area contributed by atoms with E-state index in [1.165, 1.54) is 4.90 Å². The van der Waals surface area contributed by atoms with Crippen molar-refractivity contribution >= 4 is 23.4 Å². The average Bonchev–Trinajstić information content (AvgIpc) is 3.53. The number of aryl methyl sites for hydroxylation is 2. The lowest BCUT2D eigenvalue weighted by Crippen LogP contribution is -2.57. The third-order valence-corrected chi connectivity index (χ3v) is 8.64. The topological polar surface area (TPSA) is 108 Å². The number of carbonyl (C=O) groups is 3. The van der Waals surface area contributed by atoms with Gasteiger partial charge in [-0.15, -0.1) is 0 Å². The van der Waals surface area contributed by atoms with Crippen LogP contribution in [0.15, 0.2) is 48.5 Å². The first-order valence-corrected chi connectivity index (χ1v) is 13.5. The second-order valence-corrected chi connectivity index (χ2v) is 11.3. The molecule has 3 fully saturated rings. The molecule has 6 atom stereocenters. The minimum atomic E-state index is -1.11. The van der Waals surface area contributed by atoms with Crippen LogP contribution in [-0.2, 0) is 25.7 Å². The van der Waals surface area contributed by atoms with E-state index in [4.69, 9.17) is 4.74 Å². The smallest absolute Gasteiger partial charge is 0.250 e. The Morgan fingerprint density at radius 3 is 2.39 bits per heavy atom. The second kappa shape index (κ2) is 10.2. The third-order valence-electron chi connectivity index (χ3n) is 8.64. The standard InChI is InChI=1S/C30H37N3O5/c1-17(2)21(16-34)33-26(28(36)32-25-18(3)9-8-10-19(25)4)30-14-13-22(38-30)23(24(30)29(33)37)27(35)31-15-20-11-6-5-7-12-20/h5-12,17,21-24,26,34H,13-16H2,1-4H3,(H,31,35)(H,32,36)/t21-,22+,23-,24-,26?,30?/m0/s1. The van der Waals surface area contributed by atoms with Gasteiger partial charge in [0, 0.05) is 12.2 Å². The van der Waals surface area contributed by atoms with Crippen molar-refractivity contribution in [3.05, 3.63) is 65.2 Å². The van der Waals surface area contributed by atoms with Gasteiger partial charge in [0.15, 0.2) is 0 Å². The number of para-hydroxylation sites is 1. The van der Waals surface area contributed by atoms with Crippen LogP contribution in [0.5, 0.6) is 0 Å². The molecule has 2 aromatic carbocycles. The van der Waals surface area contributed by atoms with Crippen molar-refractivity contribution in [3.63, 3.8) is 0 Å². The molecule has 0 saturated carbocycles. The van der Waals surface area contributed by atoms with Crippen molar-refractivity contribution in [2.24, 2.45) is 17.8 Å². The lowest BCUT2D eigenvalue weighted by Gasteiger charge is -2.38. The van der Waals surface area contributed by atoms with Gasteiger partial charge in [-0.1, -0.05) is 62.4 Å². The zero-order chi connectivity index (χ0) is 27.2. The van der Waals surface area contributed by atoms with Crippen LogP contribution in [0, 0.1) is 31.6 Å². The molecular formula is C30H37N3O5. The Kier molecular flexibility index (Phi) is 7.05. The molecule has 2 aromatic rings. The zero-order valence-corrected chi connectivity index (χ0v) is 22.4. The number of benzene rings is 2. The van der Waals surface area contributed by atoms with Gasteiger partial charge >= 0.3 is 0 Å². The second-order valence-electron chi connectivity index (χ2n) is 11.3. The number of hydrogen-bond acceptors (Lipinski definition) is 5. The van der Waals surface area contributed by atoms with Crippen LogP contribution in [0.25, 0.3) is 0 Å². The molecule has 38 heavy (non-hydrogen) atoms. The summed E-state index contributed by atoms with van der Waals surface area (Å²) < 4.78 is 6.51. The van der Waals surface area contributed by atoms with E-state index in [0.717, 1.165) is 16.7 Å². The van der Waals surface area contributed by atoms with Crippen molar-refractivity contribution in [1.82, 2.24) is 10.2 Å². The molecule has 3 saturated heterocycles. The van der Waals surface area contributed by atoms with Crippen LogP contribution in [0.4, 0.5) is 5.69 Å². The van der Waals surface area contributed by atoms with Gasteiger partial charge in [0.2, 0.25) is 17.7 Å². The maximum atomic E-state index is 14.1. The number of nitrogens with one attached hydrogen (secondary N) is 2. The number of carbonyl (C=O) groups excluding carboxylic acids is 3. The van der Waals surface area contributed by atoms with Crippen LogP contribution in [-0.4, -0.2) is 58.1 Å². The molecule has 3 heterocycles. The first-order valence-electron chi connectivity index (χ1n) is 13.5. The number of rotatable bonds is 8. The third kappa shape index (κ3) is 4.20. The van der Waals surface area contributed by atoms with E-state index in [0.29, 0.717) is 25.1 Å². The first kappa shape index (κ1) is 26.4. The van der Waals surface area contributed by atoms with Crippen molar-refractivity contribution < 1.29 is 24.2 Å². The van der Waals surface area contributed by atoms with Gasteiger partial charge in [-0.25, -0.2) is 0 Å². The highest BCUT2D eigenvalue weighted by atomic mass is 16.5. The fourth-order valence-corrected chi connectivity index (χ4v) is 6.77. The van der Waals surface area contributed by atoms with E-state index < -0.39 is 35.6 Å². The molecule has 3 aliphatic heterocycles. The van der Waals surface area contributed by atoms with E-state index in [9.17, 15) is 19.5 Å². The summed E-state index contributed by atoms with van der Waals surface area (Å²) >= 11 is 0. The van der Waals surface area contributed by atoms with E-state index in [2.05, 4.69) is 10.6 Å². The molecule has 202 valence electrons. The minimum Gasteiger partial charge on any atom is -0.394 e. The minimum absolute atomic E-state index is 0.0998. The first-order chi connectivity index (χ1) is 18.2. The average molecular weight is 520 g/mol. The number of amides is 3. The summed E-state index contributed by atoms with van der Waals surface area (Å²) in [6.07, 6.45) is 0.678. The van der Waals surface area contributed by atoms with Gasteiger partial charge in [0.05, 0.1) is 30.6 Å². The molecule has 3 aliphatic rings. The van der Waals surface area contributed by atoms with Crippen LogP contribution in [0.2, 0.25) is 0 Å². The molecule has 1 spiro atoms. The molecule has 2 unspecified atom stereocenters. The Bertz CT molecular complexity index is 1210. The van der Waals surface area contributed by atoms with Crippen molar-refractivity contribution in [2.75, 3.05) is 11.9 Å². The van der Waals surface area contributed by atoms with Crippen LogP contribution in [0.1, 0.15) is 43.4 Å². The molecule has 0 radical (unpaired) electrons. The molecule has 8 heteroatoms. The fourth-order valence-electron chi connectivity index (χ4n) is 6.77. The summed E-state index contributed by atoms with van der Waals surface area (Å²) in [5.74, 6) is -2.44. The van der Waals surface area contributed by atoms with E-state index in [-0.39, 0.29) is 30.2 Å². The molecule has 3 amide bonds. The lowest BCUT2D eigenvalue weighted by molar-refractivity contribution is -0.145. The number of likely N-dealkylation sites (tertiary alicyclic amines) is 1. The molecule has 0 aromatic heterocycles. The number of fused-ring (bicyclic) bond motifs is 1. The van der Waals surface area contributed by atoms with Gasteiger partial charge in [0.1, 0.15) is 11.6 Å². The van der Waals surface area contributed by atoms with E-state index >= 15 is 0 Å². The number of aliphatic hydroxyl groups excluding tert-OH is 1. The Hall–Kier alpha value is -3.23. The maximum Gasteiger partial charge on any atom is 0.250 e. The highest BCUT2D eigenvalue weighted by Crippen LogP contribution is 2.59. The zero-order valence-electron chi connectivity index (χ0n) is 22.4. The van der Waals surface area contributed by atoms with Gasteiger partial charge in [-0.2, -0.15) is 0 Å². The summed E-state index contributed by atoms with van der Waals surface area (Å²) in [5.41, 5.74) is 2.39. The summed E-state index contributed by atoms with van der Waals surface area (Å²) in [5, 5.41) is 16.4. The van der Waals surface area contributed by atoms with Crippen molar-refractivity contribution in [2.45, 2.75) is 70.9 Å². The predicted molar refractivity (Wildman–Crippen MR) is 143 cm³/mol. The van der Waals surface area contributed by atoms with Gasteiger partial charge in [-0.05, 0) is 49.3 Å². The van der Waals surface area contributed by atoms with E-state index in [1.54, 1.807) is 0 Å². The van der Waals surface area contributed by atoms with Crippen LogP contribution in [0.3, 0.4) is 0 Å². The highest BCUT2D eigenvalue weighted by Gasteiger charge is 2.75. The SMILES string of the molecule is Cc1cccc(C)c1NC(=O)C1N([C@@H](CO)C(C)C)C(=O)[C@@H]2[C@@H](C(=O)NCc3ccccc3)[C@H]3CCC12O3. The van der Waals surface area contributed by atoms with Crippen molar-refractivity contribution in [3.8, 4) is 0 Å². The van der Waals surface area contributed by atoms with Gasteiger partial charge in [-0.3, -0.25) is 14.4 Å². The van der Waals surface area contributed by atoms with Crippen LogP contribution < -0.4 is 10.6 Å². The maximum absolute atomic E-state index is 14.1. The molecule has 5 rings (SSSR count).